The van der Waals surface area contributed by atoms with E-state index in [9.17, 15) is 9.59 Å². The molecule has 0 atom stereocenters. The molecule has 0 fully saturated rings. The number of nitriles is 1. The van der Waals surface area contributed by atoms with Crippen LogP contribution in [0.25, 0.3) is 11.6 Å². The van der Waals surface area contributed by atoms with Gasteiger partial charge in [-0.05, 0) is 60.0 Å². The topological polar surface area (TPSA) is 61.2 Å². The molecule has 0 N–H and O–H groups in total. The second-order valence-corrected chi connectivity index (χ2v) is 6.62. The van der Waals surface area contributed by atoms with Crippen LogP contribution in [0.3, 0.4) is 0 Å². The van der Waals surface area contributed by atoms with Crippen molar-refractivity contribution in [1.82, 2.24) is 0 Å². The highest BCUT2D eigenvalue weighted by Crippen LogP contribution is 2.33. The third-order valence-electron chi connectivity index (χ3n) is 4.69. The quantitative estimate of drug-likeness (QED) is 0.493. The minimum atomic E-state index is -0.362. The van der Waals surface area contributed by atoms with Gasteiger partial charge in [0.1, 0.15) is 0 Å². The second-order valence-electron chi connectivity index (χ2n) is 6.62. The Balaban J connectivity index is 1.88. The molecular formula is C24H16N2O2. The van der Waals surface area contributed by atoms with Gasteiger partial charge in [0.15, 0.2) is 0 Å². The number of hydrogen-bond donors (Lipinski definition) is 0. The first-order valence-corrected chi connectivity index (χ1v) is 8.85. The van der Waals surface area contributed by atoms with Crippen LogP contribution in [-0.4, -0.2) is 11.8 Å². The van der Waals surface area contributed by atoms with Crippen LogP contribution in [0.15, 0.2) is 72.8 Å². The van der Waals surface area contributed by atoms with Crippen molar-refractivity contribution in [3.8, 4) is 6.07 Å². The lowest BCUT2D eigenvalue weighted by Crippen LogP contribution is -2.41. The number of carbonyl (C=O) groups excluding carboxylic acids is 2. The summed E-state index contributed by atoms with van der Waals surface area (Å²) in [6, 6.07) is 23.5. The SMILES string of the molecule is Cc1cccc(N2C(=O)C(=Cc3ccc(C#N)cc3)c3ccccc3C2=O)c1. The highest BCUT2D eigenvalue weighted by atomic mass is 16.2. The molecule has 0 bridgehead atoms. The van der Waals surface area contributed by atoms with E-state index in [2.05, 4.69) is 6.07 Å². The van der Waals surface area contributed by atoms with Gasteiger partial charge < -0.3 is 0 Å². The van der Waals surface area contributed by atoms with Gasteiger partial charge in [0.05, 0.1) is 17.3 Å². The molecule has 4 heteroatoms. The number of aryl methyl sites for hydroxylation is 1. The van der Waals surface area contributed by atoms with Crippen molar-refractivity contribution >= 4 is 29.2 Å². The van der Waals surface area contributed by atoms with Crippen LogP contribution in [0.5, 0.6) is 0 Å². The minimum absolute atomic E-state index is 0.330. The van der Waals surface area contributed by atoms with Crippen molar-refractivity contribution in [2.45, 2.75) is 6.92 Å². The fourth-order valence-electron chi connectivity index (χ4n) is 3.31. The molecule has 0 aromatic heterocycles. The highest BCUT2D eigenvalue weighted by molar-refractivity contribution is 6.43. The summed E-state index contributed by atoms with van der Waals surface area (Å²) in [4.78, 5) is 27.6. The number of carbonyl (C=O) groups is 2. The van der Waals surface area contributed by atoms with Gasteiger partial charge in [-0.1, -0.05) is 42.5 Å². The molecule has 28 heavy (non-hydrogen) atoms. The van der Waals surface area contributed by atoms with Gasteiger partial charge >= 0.3 is 0 Å². The van der Waals surface area contributed by atoms with Gasteiger partial charge in [-0.15, -0.1) is 0 Å². The van der Waals surface area contributed by atoms with Crippen molar-refractivity contribution in [1.29, 1.82) is 5.26 Å². The van der Waals surface area contributed by atoms with Gasteiger partial charge in [0, 0.05) is 11.1 Å². The predicted molar refractivity (Wildman–Crippen MR) is 108 cm³/mol. The Morgan fingerprint density at radius 3 is 2.25 bits per heavy atom. The van der Waals surface area contributed by atoms with E-state index in [1.165, 1.54) is 4.90 Å². The van der Waals surface area contributed by atoms with Gasteiger partial charge in [-0.25, -0.2) is 4.90 Å². The van der Waals surface area contributed by atoms with Crippen LogP contribution in [0.2, 0.25) is 0 Å². The first-order chi connectivity index (χ1) is 13.6. The van der Waals surface area contributed by atoms with E-state index in [1.54, 1.807) is 54.6 Å². The first kappa shape index (κ1) is 17.4. The summed E-state index contributed by atoms with van der Waals surface area (Å²) in [6.07, 6.45) is 1.76. The molecule has 0 unspecified atom stereocenters. The zero-order valence-corrected chi connectivity index (χ0v) is 15.2. The number of anilines is 1. The largest absolute Gasteiger partial charge is 0.268 e. The van der Waals surface area contributed by atoms with E-state index in [0.29, 0.717) is 28.0 Å². The third kappa shape index (κ3) is 3.00. The molecular weight excluding hydrogens is 348 g/mol. The Labute approximate surface area is 163 Å². The molecule has 1 aliphatic heterocycles. The van der Waals surface area contributed by atoms with Crippen molar-refractivity contribution in [3.05, 3.63) is 101 Å². The molecule has 0 aliphatic carbocycles. The summed E-state index contributed by atoms with van der Waals surface area (Å²) >= 11 is 0. The number of amides is 2. The summed E-state index contributed by atoms with van der Waals surface area (Å²) in [7, 11) is 0. The van der Waals surface area contributed by atoms with Crippen LogP contribution in [-0.2, 0) is 4.79 Å². The average Bonchev–Trinajstić information content (AvgIpc) is 2.72. The lowest BCUT2D eigenvalue weighted by atomic mass is 9.91. The van der Waals surface area contributed by atoms with Crippen molar-refractivity contribution < 1.29 is 9.59 Å². The van der Waals surface area contributed by atoms with Crippen molar-refractivity contribution in [2.24, 2.45) is 0 Å². The molecule has 3 aromatic carbocycles. The molecule has 2 amide bonds. The predicted octanol–water partition coefficient (Wildman–Crippen LogP) is 4.59. The monoisotopic (exact) mass is 364 g/mol. The fourth-order valence-corrected chi connectivity index (χ4v) is 3.31. The standard InChI is InChI=1S/C24H16N2O2/c1-16-5-4-6-19(13-16)26-23(27)21-8-3-2-7-20(21)22(24(26)28)14-17-9-11-18(15-25)12-10-17/h2-14H,1H3. The molecule has 0 saturated heterocycles. The van der Waals surface area contributed by atoms with Crippen molar-refractivity contribution in [3.63, 3.8) is 0 Å². The molecule has 0 radical (unpaired) electrons. The summed E-state index contributed by atoms with van der Waals surface area (Å²) in [5.74, 6) is -0.693. The molecule has 0 saturated carbocycles. The number of rotatable bonds is 2. The maximum absolute atomic E-state index is 13.3. The molecule has 4 rings (SSSR count). The van der Waals surface area contributed by atoms with Gasteiger partial charge in [0.2, 0.25) is 0 Å². The Bertz CT molecular complexity index is 1170. The smallest absolute Gasteiger partial charge is 0.265 e. The maximum atomic E-state index is 13.3. The molecule has 3 aromatic rings. The number of imide groups is 1. The Hall–Kier alpha value is -3.97. The van der Waals surface area contributed by atoms with Gasteiger partial charge in [-0.2, -0.15) is 5.26 Å². The summed E-state index contributed by atoms with van der Waals surface area (Å²) in [5, 5.41) is 8.97. The number of benzene rings is 3. The molecule has 1 aliphatic rings. The van der Waals surface area contributed by atoms with E-state index in [0.717, 1.165) is 11.1 Å². The van der Waals surface area contributed by atoms with E-state index >= 15 is 0 Å². The summed E-state index contributed by atoms with van der Waals surface area (Å²) < 4.78 is 0. The van der Waals surface area contributed by atoms with E-state index in [4.69, 9.17) is 5.26 Å². The minimum Gasteiger partial charge on any atom is -0.268 e. The van der Waals surface area contributed by atoms with Gasteiger partial charge in [0.25, 0.3) is 11.8 Å². The maximum Gasteiger partial charge on any atom is 0.265 e. The number of nitrogens with zero attached hydrogens (tertiary/aromatic N) is 2. The Morgan fingerprint density at radius 2 is 1.57 bits per heavy atom. The normalized spacial score (nSPS) is 14.7. The average molecular weight is 364 g/mol. The zero-order valence-electron chi connectivity index (χ0n) is 15.2. The van der Waals surface area contributed by atoms with Crippen LogP contribution in [0.4, 0.5) is 5.69 Å². The fraction of sp³-hybridized carbons (Fsp3) is 0.0417. The van der Waals surface area contributed by atoms with E-state index < -0.39 is 0 Å². The van der Waals surface area contributed by atoms with E-state index in [-0.39, 0.29) is 11.8 Å². The lowest BCUT2D eigenvalue weighted by Gasteiger charge is -2.29. The lowest BCUT2D eigenvalue weighted by molar-refractivity contribution is -0.112. The van der Waals surface area contributed by atoms with Crippen molar-refractivity contribution in [2.75, 3.05) is 4.90 Å². The Kier molecular flexibility index (Phi) is 4.35. The summed E-state index contributed by atoms with van der Waals surface area (Å²) in [5.41, 5.74) is 4.41. The van der Waals surface area contributed by atoms with E-state index in [1.807, 2.05) is 31.2 Å². The Morgan fingerprint density at radius 1 is 0.857 bits per heavy atom. The first-order valence-electron chi connectivity index (χ1n) is 8.85. The third-order valence-corrected chi connectivity index (χ3v) is 4.69. The molecule has 1 heterocycles. The molecule has 4 nitrogen and oxygen atoms in total. The number of hydrogen-bond acceptors (Lipinski definition) is 3. The molecule has 0 spiro atoms. The van der Waals surface area contributed by atoms with Crippen LogP contribution in [0, 0.1) is 18.3 Å². The van der Waals surface area contributed by atoms with Gasteiger partial charge in [-0.3, -0.25) is 9.59 Å². The summed E-state index contributed by atoms with van der Waals surface area (Å²) in [6.45, 7) is 1.92. The van der Waals surface area contributed by atoms with Crippen LogP contribution >= 0.6 is 0 Å². The van der Waals surface area contributed by atoms with Crippen LogP contribution in [0.1, 0.15) is 32.6 Å². The second kappa shape index (κ2) is 6.98. The molecule has 134 valence electrons. The zero-order chi connectivity index (χ0) is 19.7. The van der Waals surface area contributed by atoms with Crippen LogP contribution < -0.4 is 4.90 Å². The number of fused-ring (bicyclic) bond motifs is 1. The highest BCUT2D eigenvalue weighted by Gasteiger charge is 2.35.